The summed E-state index contributed by atoms with van der Waals surface area (Å²) in [5.41, 5.74) is 6.13. The molecule has 0 unspecified atom stereocenters. The van der Waals surface area contributed by atoms with Gasteiger partial charge in [-0.2, -0.15) is 0 Å². The second-order valence-corrected chi connectivity index (χ2v) is 5.04. The number of nitrogens with two attached hydrogens (primary N) is 1. The molecule has 0 saturated carbocycles. The number of rotatable bonds is 3. The average molecular weight is 277 g/mol. The van der Waals surface area contributed by atoms with Gasteiger partial charge in [-0.25, -0.2) is 9.78 Å². The number of carboxylic acid groups (broad SMARTS) is 1. The van der Waals surface area contributed by atoms with Crippen LogP contribution in [-0.2, 0) is 0 Å². The molecule has 1 aromatic carbocycles. The van der Waals surface area contributed by atoms with Gasteiger partial charge in [0, 0.05) is 5.69 Å². The van der Waals surface area contributed by atoms with Crippen molar-refractivity contribution in [1.82, 2.24) is 4.98 Å². The number of nitrogens with zero attached hydrogens (tertiary/aromatic N) is 1. The predicted molar refractivity (Wildman–Crippen MR) is 72.6 cm³/mol. The number of aromatic carboxylic acids is 1. The molecule has 6 nitrogen and oxygen atoms in total. The minimum Gasteiger partial charge on any atom is -0.478 e. The molecule has 19 heavy (non-hydrogen) atoms. The fraction of sp³-hybridized carbons (Fsp3) is 0.0833. The van der Waals surface area contributed by atoms with Gasteiger partial charge in [0.05, 0.1) is 22.5 Å². The van der Waals surface area contributed by atoms with Crippen molar-refractivity contribution in [3.8, 4) is 0 Å². The van der Waals surface area contributed by atoms with E-state index < -0.39 is 11.9 Å². The molecule has 4 N–H and O–H groups in total. The maximum absolute atomic E-state index is 11.9. The molecule has 2 aromatic rings. The van der Waals surface area contributed by atoms with E-state index in [-0.39, 0.29) is 11.3 Å². The Kier molecular flexibility index (Phi) is 3.48. The highest BCUT2D eigenvalue weighted by atomic mass is 32.1. The Morgan fingerprint density at radius 3 is 2.74 bits per heavy atom. The number of nitrogen functional groups attached to an aromatic ring is 1. The number of carboxylic acids is 1. The van der Waals surface area contributed by atoms with Crippen molar-refractivity contribution >= 4 is 34.6 Å². The molecule has 0 aliphatic carbocycles. The zero-order chi connectivity index (χ0) is 14.0. The smallest absolute Gasteiger partial charge is 0.337 e. The van der Waals surface area contributed by atoms with Crippen LogP contribution in [0.15, 0.2) is 24.4 Å². The first kappa shape index (κ1) is 13.0. The maximum Gasteiger partial charge on any atom is 0.337 e. The highest BCUT2D eigenvalue weighted by molar-refractivity contribution is 7.13. The molecule has 1 aromatic heterocycles. The number of anilines is 2. The molecule has 0 atom stereocenters. The highest BCUT2D eigenvalue weighted by Crippen LogP contribution is 2.21. The van der Waals surface area contributed by atoms with Crippen molar-refractivity contribution in [2.75, 3.05) is 11.1 Å². The van der Waals surface area contributed by atoms with Crippen LogP contribution in [0.4, 0.5) is 11.4 Å². The molecule has 2 rings (SSSR count). The Hall–Kier alpha value is -2.41. The third-order valence-electron chi connectivity index (χ3n) is 2.37. The lowest BCUT2D eigenvalue weighted by molar-refractivity contribution is 0.0698. The monoisotopic (exact) mass is 277 g/mol. The Balaban J connectivity index is 2.30. The number of carbonyl (C=O) groups excluding carboxylic acids is 1. The van der Waals surface area contributed by atoms with E-state index in [0.717, 1.165) is 5.01 Å². The molecule has 0 spiro atoms. The van der Waals surface area contributed by atoms with Crippen molar-refractivity contribution < 1.29 is 14.7 Å². The first-order valence-electron chi connectivity index (χ1n) is 5.34. The SMILES string of the molecule is Cc1ncc(C(=O)Nc2cc(N)ccc2C(=O)O)s1. The normalized spacial score (nSPS) is 10.2. The number of aromatic nitrogens is 1. The number of carbonyl (C=O) groups is 2. The molecular formula is C12H11N3O3S. The standard InChI is InChI=1S/C12H11N3O3S/c1-6-14-5-10(19-6)11(16)15-9-4-7(13)2-3-8(9)12(17)18/h2-5H,13H2,1H3,(H,15,16)(H,17,18). The number of benzene rings is 1. The first-order valence-corrected chi connectivity index (χ1v) is 6.15. The van der Waals surface area contributed by atoms with Crippen LogP contribution >= 0.6 is 11.3 Å². The second-order valence-electron chi connectivity index (χ2n) is 3.81. The van der Waals surface area contributed by atoms with E-state index in [0.29, 0.717) is 10.6 Å². The summed E-state index contributed by atoms with van der Waals surface area (Å²) < 4.78 is 0. The Labute approximate surface area is 112 Å². The van der Waals surface area contributed by atoms with Gasteiger partial charge in [0.15, 0.2) is 0 Å². The van der Waals surface area contributed by atoms with E-state index in [9.17, 15) is 9.59 Å². The summed E-state index contributed by atoms with van der Waals surface area (Å²) in [6, 6.07) is 4.23. The van der Waals surface area contributed by atoms with Crippen LogP contribution in [0.1, 0.15) is 25.0 Å². The lowest BCUT2D eigenvalue weighted by Gasteiger charge is -2.08. The van der Waals surface area contributed by atoms with Crippen LogP contribution < -0.4 is 11.1 Å². The minimum absolute atomic E-state index is 0.0104. The fourth-order valence-corrected chi connectivity index (χ4v) is 2.17. The van der Waals surface area contributed by atoms with E-state index in [1.54, 1.807) is 6.92 Å². The maximum atomic E-state index is 11.9. The van der Waals surface area contributed by atoms with E-state index in [4.69, 9.17) is 10.8 Å². The summed E-state index contributed by atoms with van der Waals surface area (Å²) >= 11 is 1.23. The third-order valence-corrected chi connectivity index (χ3v) is 3.28. The Morgan fingerprint density at radius 2 is 2.16 bits per heavy atom. The Morgan fingerprint density at radius 1 is 1.42 bits per heavy atom. The molecule has 1 amide bonds. The molecule has 7 heteroatoms. The molecule has 0 radical (unpaired) electrons. The molecule has 98 valence electrons. The zero-order valence-corrected chi connectivity index (χ0v) is 10.8. The molecule has 0 aliphatic heterocycles. The highest BCUT2D eigenvalue weighted by Gasteiger charge is 2.15. The van der Waals surface area contributed by atoms with Gasteiger partial charge < -0.3 is 16.2 Å². The van der Waals surface area contributed by atoms with Crippen molar-refractivity contribution in [3.63, 3.8) is 0 Å². The van der Waals surface area contributed by atoms with Crippen LogP contribution in [0.3, 0.4) is 0 Å². The summed E-state index contributed by atoms with van der Waals surface area (Å²) in [6.45, 7) is 1.78. The van der Waals surface area contributed by atoms with E-state index in [1.807, 2.05) is 0 Å². The number of hydrogen-bond acceptors (Lipinski definition) is 5. The van der Waals surface area contributed by atoms with Gasteiger partial charge in [-0.15, -0.1) is 11.3 Å². The summed E-state index contributed by atoms with van der Waals surface area (Å²) in [7, 11) is 0. The molecule has 0 saturated heterocycles. The number of hydrogen-bond donors (Lipinski definition) is 3. The number of thiazole rings is 1. The number of nitrogens with one attached hydrogen (secondary N) is 1. The van der Waals surface area contributed by atoms with E-state index in [1.165, 1.54) is 35.7 Å². The lowest BCUT2D eigenvalue weighted by atomic mass is 10.1. The van der Waals surface area contributed by atoms with Gasteiger partial charge in [-0.05, 0) is 25.1 Å². The second kappa shape index (κ2) is 5.07. The first-order chi connectivity index (χ1) is 8.97. The molecule has 1 heterocycles. The van der Waals surface area contributed by atoms with Crippen LogP contribution in [0, 0.1) is 6.92 Å². The third kappa shape index (κ3) is 2.89. The molecule has 0 fully saturated rings. The van der Waals surface area contributed by atoms with Gasteiger partial charge in [0.1, 0.15) is 4.88 Å². The molecule has 0 bridgehead atoms. The largest absolute Gasteiger partial charge is 0.478 e. The van der Waals surface area contributed by atoms with Crippen LogP contribution in [0.5, 0.6) is 0 Å². The summed E-state index contributed by atoms with van der Waals surface area (Å²) in [5.74, 6) is -1.53. The van der Waals surface area contributed by atoms with Gasteiger partial charge in [0.2, 0.25) is 0 Å². The summed E-state index contributed by atoms with van der Waals surface area (Å²) in [5, 5.41) is 12.3. The van der Waals surface area contributed by atoms with Gasteiger partial charge in [-0.3, -0.25) is 4.79 Å². The van der Waals surface area contributed by atoms with E-state index >= 15 is 0 Å². The van der Waals surface area contributed by atoms with Crippen molar-refractivity contribution in [1.29, 1.82) is 0 Å². The zero-order valence-electron chi connectivity index (χ0n) is 10.0. The average Bonchev–Trinajstić information content (AvgIpc) is 2.75. The lowest BCUT2D eigenvalue weighted by Crippen LogP contribution is -2.14. The van der Waals surface area contributed by atoms with Crippen LogP contribution in [0.2, 0.25) is 0 Å². The summed E-state index contributed by atoms with van der Waals surface area (Å²) in [4.78, 5) is 27.4. The fourth-order valence-electron chi connectivity index (χ4n) is 1.50. The summed E-state index contributed by atoms with van der Waals surface area (Å²) in [6.07, 6.45) is 1.45. The quantitative estimate of drug-likeness (QED) is 0.744. The van der Waals surface area contributed by atoms with Gasteiger partial charge in [-0.1, -0.05) is 0 Å². The van der Waals surface area contributed by atoms with E-state index in [2.05, 4.69) is 10.3 Å². The van der Waals surface area contributed by atoms with Gasteiger partial charge in [0.25, 0.3) is 5.91 Å². The number of amides is 1. The van der Waals surface area contributed by atoms with Crippen LogP contribution in [-0.4, -0.2) is 22.0 Å². The predicted octanol–water partition coefficient (Wildman–Crippen LogP) is 1.98. The molecule has 0 aliphatic rings. The van der Waals surface area contributed by atoms with Crippen LogP contribution in [0.25, 0.3) is 0 Å². The minimum atomic E-state index is -1.13. The number of aryl methyl sites for hydroxylation is 1. The van der Waals surface area contributed by atoms with Crippen molar-refractivity contribution in [3.05, 3.63) is 39.8 Å². The Bertz CT molecular complexity index is 651. The molecular weight excluding hydrogens is 266 g/mol. The van der Waals surface area contributed by atoms with Crippen molar-refractivity contribution in [2.45, 2.75) is 6.92 Å². The topological polar surface area (TPSA) is 105 Å². The van der Waals surface area contributed by atoms with Crippen molar-refractivity contribution in [2.24, 2.45) is 0 Å². The van der Waals surface area contributed by atoms with Gasteiger partial charge >= 0.3 is 5.97 Å².